The van der Waals surface area contributed by atoms with Crippen LogP contribution in [0.3, 0.4) is 0 Å². The number of allylic oxidation sites excluding steroid dienone is 5. The first-order valence-corrected chi connectivity index (χ1v) is 5.86. The highest BCUT2D eigenvalue weighted by Crippen LogP contribution is 2.33. The number of hydrogen-bond acceptors (Lipinski definition) is 2. The van der Waals surface area contributed by atoms with Crippen LogP contribution in [0.2, 0.25) is 0 Å². The maximum absolute atomic E-state index is 11.3. The van der Waals surface area contributed by atoms with Gasteiger partial charge in [0, 0.05) is 5.70 Å². The highest BCUT2D eigenvalue weighted by atomic mass is 16.5. The van der Waals surface area contributed by atoms with E-state index >= 15 is 0 Å². The Morgan fingerprint density at radius 1 is 1.41 bits per heavy atom. The smallest absolute Gasteiger partial charge is 0.228 e. The summed E-state index contributed by atoms with van der Waals surface area (Å²) in [5.74, 6) is 1.01. The second-order valence-electron chi connectivity index (χ2n) is 5.14. The van der Waals surface area contributed by atoms with E-state index in [1.54, 1.807) is 0 Å². The molecule has 0 aromatic heterocycles. The molecule has 3 aliphatic rings. The molecule has 1 fully saturated rings. The Hall–Kier alpha value is -1.77. The molecule has 1 N–H and O–H groups in total. The Morgan fingerprint density at radius 2 is 2.24 bits per heavy atom. The lowest BCUT2D eigenvalue weighted by Gasteiger charge is -2.19. The first-order chi connectivity index (χ1) is 8.03. The number of amides is 1. The Kier molecular flexibility index (Phi) is 2.05. The van der Waals surface area contributed by atoms with E-state index in [4.69, 9.17) is 4.74 Å². The van der Waals surface area contributed by atoms with Gasteiger partial charge in [-0.3, -0.25) is 4.79 Å². The highest BCUT2D eigenvalue weighted by Gasteiger charge is 2.27. The second kappa shape index (κ2) is 3.36. The zero-order valence-electron chi connectivity index (χ0n) is 10.0. The van der Waals surface area contributed by atoms with E-state index in [1.165, 1.54) is 0 Å². The molecule has 3 rings (SSSR count). The summed E-state index contributed by atoms with van der Waals surface area (Å²) in [4.78, 5) is 11.3. The first-order valence-electron chi connectivity index (χ1n) is 5.86. The SMILES string of the molecule is CC1(C)C=CC(=C2C=C3CC(=O)NC3=CC2)O1. The molecule has 0 unspecified atom stereocenters. The molecule has 0 bridgehead atoms. The van der Waals surface area contributed by atoms with Crippen molar-refractivity contribution >= 4 is 5.91 Å². The van der Waals surface area contributed by atoms with Crippen molar-refractivity contribution in [2.75, 3.05) is 0 Å². The van der Waals surface area contributed by atoms with Crippen molar-refractivity contribution in [3.8, 4) is 0 Å². The molecule has 0 aromatic rings. The monoisotopic (exact) mass is 229 g/mol. The molecule has 0 radical (unpaired) electrons. The van der Waals surface area contributed by atoms with Crippen LogP contribution in [0.25, 0.3) is 0 Å². The first kappa shape index (κ1) is 10.4. The Morgan fingerprint density at radius 3 is 2.94 bits per heavy atom. The molecule has 2 aliphatic heterocycles. The molecule has 88 valence electrons. The third-order valence-corrected chi connectivity index (χ3v) is 3.17. The third kappa shape index (κ3) is 1.82. The van der Waals surface area contributed by atoms with Crippen molar-refractivity contribution in [1.82, 2.24) is 5.32 Å². The van der Waals surface area contributed by atoms with Crippen molar-refractivity contribution in [1.29, 1.82) is 0 Å². The number of hydrogen-bond donors (Lipinski definition) is 1. The summed E-state index contributed by atoms with van der Waals surface area (Å²) in [7, 11) is 0. The van der Waals surface area contributed by atoms with Gasteiger partial charge < -0.3 is 10.1 Å². The van der Waals surface area contributed by atoms with Gasteiger partial charge in [0.25, 0.3) is 0 Å². The summed E-state index contributed by atoms with van der Waals surface area (Å²) in [6, 6.07) is 0. The molecule has 2 heterocycles. The minimum Gasteiger partial charge on any atom is -0.483 e. The molecule has 0 atom stereocenters. The maximum Gasteiger partial charge on any atom is 0.228 e. The Bertz CT molecular complexity index is 518. The molecular weight excluding hydrogens is 214 g/mol. The molecule has 1 amide bonds. The molecule has 1 aliphatic carbocycles. The molecule has 0 spiro atoms. The average molecular weight is 229 g/mol. The van der Waals surface area contributed by atoms with Crippen molar-refractivity contribution < 1.29 is 9.53 Å². The fraction of sp³-hybridized carbons (Fsp3) is 0.357. The summed E-state index contributed by atoms with van der Waals surface area (Å²) < 4.78 is 5.85. The minimum atomic E-state index is -0.214. The van der Waals surface area contributed by atoms with E-state index in [9.17, 15) is 4.79 Å². The number of rotatable bonds is 0. The minimum absolute atomic E-state index is 0.0805. The summed E-state index contributed by atoms with van der Waals surface area (Å²) in [6.45, 7) is 4.07. The molecule has 0 aromatic carbocycles. The zero-order valence-corrected chi connectivity index (χ0v) is 10.0. The molecule has 3 heteroatoms. The van der Waals surface area contributed by atoms with Crippen molar-refractivity contribution in [2.24, 2.45) is 0 Å². The number of carbonyl (C=O) groups is 1. The fourth-order valence-electron chi connectivity index (χ4n) is 2.31. The van der Waals surface area contributed by atoms with E-state index in [-0.39, 0.29) is 11.5 Å². The summed E-state index contributed by atoms with van der Waals surface area (Å²) in [6.07, 6.45) is 9.52. The summed E-state index contributed by atoms with van der Waals surface area (Å²) in [5.41, 5.74) is 2.99. The lowest BCUT2D eigenvalue weighted by Crippen LogP contribution is -2.16. The summed E-state index contributed by atoms with van der Waals surface area (Å²) in [5, 5.41) is 2.86. The van der Waals surface area contributed by atoms with Crippen LogP contribution in [0.5, 0.6) is 0 Å². The lowest BCUT2D eigenvalue weighted by atomic mass is 9.98. The fourth-order valence-corrected chi connectivity index (χ4v) is 2.31. The zero-order chi connectivity index (χ0) is 12.0. The van der Waals surface area contributed by atoms with E-state index in [2.05, 4.69) is 23.5 Å². The van der Waals surface area contributed by atoms with Gasteiger partial charge >= 0.3 is 0 Å². The van der Waals surface area contributed by atoms with Crippen LogP contribution >= 0.6 is 0 Å². The standard InChI is InChI=1S/C14H15NO2/c1-14(2)6-5-12(17-14)9-3-4-11-10(7-9)8-13(16)15-11/h4-7H,3,8H2,1-2H3,(H,15,16). The van der Waals surface area contributed by atoms with Gasteiger partial charge in [0.1, 0.15) is 11.4 Å². The lowest BCUT2D eigenvalue weighted by molar-refractivity contribution is -0.118. The third-order valence-electron chi connectivity index (χ3n) is 3.17. The van der Waals surface area contributed by atoms with Crippen molar-refractivity contribution in [3.63, 3.8) is 0 Å². The van der Waals surface area contributed by atoms with Crippen LogP contribution in [0.1, 0.15) is 26.7 Å². The van der Waals surface area contributed by atoms with Crippen LogP contribution in [0.4, 0.5) is 0 Å². The van der Waals surface area contributed by atoms with Gasteiger partial charge in [-0.05, 0) is 49.6 Å². The highest BCUT2D eigenvalue weighted by molar-refractivity contribution is 5.87. The number of nitrogens with one attached hydrogen (secondary N) is 1. The van der Waals surface area contributed by atoms with Gasteiger partial charge in [0.2, 0.25) is 5.91 Å². The average Bonchev–Trinajstić information content (AvgIpc) is 2.78. The Balaban J connectivity index is 1.92. The molecule has 1 saturated heterocycles. The van der Waals surface area contributed by atoms with Gasteiger partial charge in [-0.1, -0.05) is 6.08 Å². The molecular formula is C14H15NO2. The van der Waals surface area contributed by atoms with E-state index in [1.807, 2.05) is 19.9 Å². The van der Waals surface area contributed by atoms with Gasteiger partial charge in [-0.15, -0.1) is 0 Å². The molecule has 0 saturated carbocycles. The van der Waals surface area contributed by atoms with Gasteiger partial charge in [0.05, 0.1) is 6.42 Å². The van der Waals surface area contributed by atoms with Gasteiger partial charge in [-0.2, -0.15) is 0 Å². The van der Waals surface area contributed by atoms with E-state index < -0.39 is 0 Å². The molecule has 3 nitrogen and oxygen atoms in total. The second-order valence-corrected chi connectivity index (χ2v) is 5.14. The van der Waals surface area contributed by atoms with Crippen LogP contribution in [-0.2, 0) is 9.53 Å². The topological polar surface area (TPSA) is 38.3 Å². The predicted molar refractivity (Wildman–Crippen MR) is 64.9 cm³/mol. The van der Waals surface area contributed by atoms with Crippen molar-refractivity contribution in [2.45, 2.75) is 32.3 Å². The number of fused-ring (bicyclic) bond motifs is 1. The van der Waals surface area contributed by atoms with Crippen molar-refractivity contribution in [3.05, 3.63) is 46.9 Å². The maximum atomic E-state index is 11.3. The predicted octanol–water partition coefficient (Wildman–Crippen LogP) is 2.34. The van der Waals surface area contributed by atoms with Crippen LogP contribution in [0, 0.1) is 0 Å². The van der Waals surface area contributed by atoms with Crippen LogP contribution in [0.15, 0.2) is 46.9 Å². The van der Waals surface area contributed by atoms with Crippen LogP contribution in [-0.4, -0.2) is 11.5 Å². The van der Waals surface area contributed by atoms with Crippen LogP contribution < -0.4 is 5.32 Å². The Labute approximate surface area is 101 Å². The number of ether oxygens (including phenoxy) is 1. The summed E-state index contributed by atoms with van der Waals surface area (Å²) >= 11 is 0. The van der Waals surface area contributed by atoms with Gasteiger partial charge in [0.15, 0.2) is 0 Å². The number of carbonyl (C=O) groups excluding carboxylic acids is 1. The quantitative estimate of drug-likeness (QED) is 0.692. The largest absolute Gasteiger partial charge is 0.483 e. The molecule has 17 heavy (non-hydrogen) atoms. The van der Waals surface area contributed by atoms with E-state index in [0.29, 0.717) is 6.42 Å². The van der Waals surface area contributed by atoms with Gasteiger partial charge in [-0.25, -0.2) is 0 Å². The normalized spacial score (nSPS) is 29.4. The van der Waals surface area contributed by atoms with E-state index in [0.717, 1.165) is 29.0 Å².